The van der Waals surface area contributed by atoms with Gasteiger partial charge in [-0.2, -0.15) is 0 Å². The number of imidazole rings is 1. The summed E-state index contributed by atoms with van der Waals surface area (Å²) in [4.78, 5) is 13.2. The number of fused-ring (bicyclic) bond motifs is 3. The van der Waals surface area contributed by atoms with Crippen LogP contribution in [0.1, 0.15) is 17.2 Å². The Kier molecular flexibility index (Phi) is 3.45. The highest BCUT2D eigenvalue weighted by Crippen LogP contribution is 2.38. The van der Waals surface area contributed by atoms with Gasteiger partial charge in [0.05, 0.1) is 17.1 Å². The van der Waals surface area contributed by atoms with E-state index in [1.54, 1.807) is 0 Å². The summed E-state index contributed by atoms with van der Waals surface area (Å²) in [6, 6.07) is 23.9. The Hall–Kier alpha value is -3.20. The maximum Gasteiger partial charge on any atom is 0.103 e. The fraction of sp³-hybridized carbons (Fsp3) is 0.130. The van der Waals surface area contributed by atoms with Gasteiger partial charge in [-0.3, -0.25) is 4.98 Å². The Morgan fingerprint density at radius 3 is 2.46 bits per heavy atom. The van der Waals surface area contributed by atoms with E-state index in [0.717, 1.165) is 52.4 Å². The molecule has 1 radical (unpaired) electrons. The van der Waals surface area contributed by atoms with Crippen molar-refractivity contribution in [1.29, 1.82) is 0 Å². The average molecular weight is 336 g/mol. The van der Waals surface area contributed by atoms with Crippen molar-refractivity contribution < 1.29 is 0 Å². The monoisotopic (exact) mass is 336 g/mol. The number of aromatic nitrogens is 3. The van der Waals surface area contributed by atoms with Crippen LogP contribution in [0.4, 0.5) is 0 Å². The predicted octanol–water partition coefficient (Wildman–Crippen LogP) is 5.01. The second-order valence-corrected chi connectivity index (χ2v) is 6.68. The predicted molar refractivity (Wildman–Crippen MR) is 104 cm³/mol. The molecule has 0 aliphatic heterocycles. The van der Waals surface area contributed by atoms with Crippen molar-refractivity contribution in [2.24, 2.45) is 0 Å². The van der Waals surface area contributed by atoms with E-state index in [2.05, 4.69) is 53.5 Å². The molecular weight excluding hydrogens is 318 g/mol. The Morgan fingerprint density at radius 1 is 0.846 bits per heavy atom. The maximum atomic E-state index is 5.10. The molecule has 3 heteroatoms. The molecule has 4 aromatic rings. The molecule has 1 aliphatic carbocycles. The zero-order chi connectivity index (χ0) is 17.5. The lowest BCUT2D eigenvalue weighted by Gasteiger charge is -2.19. The van der Waals surface area contributed by atoms with E-state index in [1.165, 1.54) is 11.3 Å². The van der Waals surface area contributed by atoms with Gasteiger partial charge in [-0.15, -0.1) is 0 Å². The fourth-order valence-corrected chi connectivity index (χ4v) is 3.74. The molecule has 1 aliphatic rings. The number of benzene rings is 2. The standard InChI is InChI=1S/C23H18N3/c1-15-24-21-13-12-20-19(23(21)25-15)14-18(16-8-4-2-5-9-16)22(26-20)17-10-6-3-7-11-17/h2,4-11,14H,12-13H2,1H3,(H,24,25). The molecule has 125 valence electrons. The third-order valence-electron chi connectivity index (χ3n) is 4.94. The molecule has 2 heterocycles. The van der Waals surface area contributed by atoms with Crippen molar-refractivity contribution in [3.8, 4) is 33.6 Å². The molecule has 0 atom stereocenters. The quantitative estimate of drug-likeness (QED) is 0.559. The van der Waals surface area contributed by atoms with Crippen LogP contribution in [-0.4, -0.2) is 15.0 Å². The Bertz CT molecular complexity index is 1080. The normalized spacial score (nSPS) is 12.5. The van der Waals surface area contributed by atoms with E-state index in [0.29, 0.717) is 0 Å². The van der Waals surface area contributed by atoms with Gasteiger partial charge in [-0.25, -0.2) is 4.98 Å². The van der Waals surface area contributed by atoms with Crippen LogP contribution in [0.2, 0.25) is 0 Å². The molecule has 0 bridgehead atoms. The summed E-state index contributed by atoms with van der Waals surface area (Å²) in [5.74, 6) is 0.965. The number of aromatic amines is 1. The first-order valence-corrected chi connectivity index (χ1v) is 8.91. The van der Waals surface area contributed by atoms with Crippen LogP contribution in [0.3, 0.4) is 0 Å². The summed E-state index contributed by atoms with van der Waals surface area (Å²) in [6.45, 7) is 2.01. The number of nitrogens with one attached hydrogen (secondary N) is 1. The molecule has 2 aromatic heterocycles. The zero-order valence-corrected chi connectivity index (χ0v) is 14.6. The molecule has 1 N–H and O–H groups in total. The molecule has 5 rings (SSSR count). The second kappa shape index (κ2) is 5.95. The van der Waals surface area contributed by atoms with Gasteiger partial charge in [0.2, 0.25) is 0 Å². The van der Waals surface area contributed by atoms with Crippen molar-refractivity contribution in [3.63, 3.8) is 0 Å². The van der Waals surface area contributed by atoms with E-state index in [4.69, 9.17) is 9.97 Å². The molecule has 3 nitrogen and oxygen atoms in total. The average Bonchev–Trinajstić information content (AvgIpc) is 3.09. The fourth-order valence-electron chi connectivity index (χ4n) is 3.74. The Morgan fingerprint density at radius 2 is 1.65 bits per heavy atom. The van der Waals surface area contributed by atoms with Gasteiger partial charge < -0.3 is 4.98 Å². The maximum absolute atomic E-state index is 5.10. The first kappa shape index (κ1) is 15.1. The van der Waals surface area contributed by atoms with Gasteiger partial charge in [0.25, 0.3) is 0 Å². The highest BCUT2D eigenvalue weighted by atomic mass is 14.9. The minimum Gasteiger partial charge on any atom is -0.346 e. The number of hydrogen-bond acceptors (Lipinski definition) is 2. The Balaban J connectivity index is 1.79. The highest BCUT2D eigenvalue weighted by molar-refractivity contribution is 5.85. The molecule has 0 saturated heterocycles. The SMILES string of the molecule is Cc1nc2c([nH]1)CCc1nc(-c3cc[c]cc3)c(-c3ccccc3)cc1-2. The number of hydrogen-bond donors (Lipinski definition) is 1. The van der Waals surface area contributed by atoms with Crippen LogP contribution in [0, 0.1) is 13.0 Å². The topological polar surface area (TPSA) is 41.6 Å². The summed E-state index contributed by atoms with van der Waals surface area (Å²) >= 11 is 0. The van der Waals surface area contributed by atoms with Gasteiger partial charge in [-0.1, -0.05) is 54.6 Å². The molecule has 0 amide bonds. The van der Waals surface area contributed by atoms with Crippen LogP contribution >= 0.6 is 0 Å². The molecular formula is C23H18N3. The zero-order valence-electron chi connectivity index (χ0n) is 14.6. The van der Waals surface area contributed by atoms with E-state index in [-0.39, 0.29) is 0 Å². The molecule has 0 spiro atoms. The lowest BCUT2D eigenvalue weighted by molar-refractivity contribution is 0.871. The van der Waals surface area contributed by atoms with Gasteiger partial charge >= 0.3 is 0 Å². The van der Waals surface area contributed by atoms with Crippen LogP contribution < -0.4 is 0 Å². The van der Waals surface area contributed by atoms with Crippen molar-refractivity contribution in [2.75, 3.05) is 0 Å². The summed E-state index contributed by atoms with van der Waals surface area (Å²) in [5, 5.41) is 0. The van der Waals surface area contributed by atoms with E-state index < -0.39 is 0 Å². The van der Waals surface area contributed by atoms with Crippen LogP contribution in [0.15, 0.2) is 60.7 Å². The van der Waals surface area contributed by atoms with Crippen LogP contribution in [-0.2, 0) is 12.8 Å². The molecule has 0 saturated carbocycles. The lowest BCUT2D eigenvalue weighted by atomic mass is 9.91. The summed E-state index contributed by atoms with van der Waals surface area (Å²) in [5.41, 5.74) is 9.02. The van der Waals surface area contributed by atoms with Gasteiger partial charge in [-0.05, 0) is 37.5 Å². The first-order chi connectivity index (χ1) is 12.8. The number of aryl methyl sites for hydroxylation is 3. The lowest BCUT2D eigenvalue weighted by Crippen LogP contribution is -2.07. The smallest absolute Gasteiger partial charge is 0.103 e. The van der Waals surface area contributed by atoms with Crippen LogP contribution in [0.5, 0.6) is 0 Å². The molecule has 26 heavy (non-hydrogen) atoms. The highest BCUT2D eigenvalue weighted by Gasteiger charge is 2.23. The molecule has 0 fully saturated rings. The number of H-pyrrole nitrogens is 1. The van der Waals surface area contributed by atoms with Crippen molar-refractivity contribution >= 4 is 0 Å². The van der Waals surface area contributed by atoms with E-state index in [1.807, 2.05) is 25.1 Å². The van der Waals surface area contributed by atoms with Gasteiger partial charge in [0, 0.05) is 22.4 Å². The summed E-state index contributed by atoms with van der Waals surface area (Å²) < 4.78 is 0. The van der Waals surface area contributed by atoms with E-state index in [9.17, 15) is 0 Å². The van der Waals surface area contributed by atoms with Crippen LogP contribution in [0.25, 0.3) is 33.6 Å². The third-order valence-corrected chi connectivity index (χ3v) is 4.94. The largest absolute Gasteiger partial charge is 0.346 e. The minimum atomic E-state index is 0.936. The second-order valence-electron chi connectivity index (χ2n) is 6.68. The number of rotatable bonds is 2. The van der Waals surface area contributed by atoms with Gasteiger partial charge in [0.15, 0.2) is 0 Å². The number of pyridine rings is 1. The molecule has 0 unspecified atom stereocenters. The molecule has 2 aromatic carbocycles. The van der Waals surface area contributed by atoms with Crippen molar-refractivity contribution in [1.82, 2.24) is 15.0 Å². The first-order valence-electron chi connectivity index (χ1n) is 8.91. The third kappa shape index (κ3) is 2.44. The van der Waals surface area contributed by atoms with E-state index >= 15 is 0 Å². The Labute approximate surface area is 152 Å². The summed E-state index contributed by atoms with van der Waals surface area (Å²) in [7, 11) is 0. The van der Waals surface area contributed by atoms with Crippen molar-refractivity contribution in [3.05, 3.63) is 83.9 Å². The summed E-state index contributed by atoms with van der Waals surface area (Å²) in [6.07, 6.45) is 1.90. The van der Waals surface area contributed by atoms with Crippen molar-refractivity contribution in [2.45, 2.75) is 19.8 Å². The van der Waals surface area contributed by atoms with Gasteiger partial charge in [0.1, 0.15) is 5.82 Å². The minimum absolute atomic E-state index is 0.936. The number of nitrogens with zero attached hydrogens (tertiary/aromatic N) is 2.